The van der Waals surface area contributed by atoms with Crippen LogP contribution in [0.4, 0.5) is 5.69 Å². The number of benzene rings is 3. The molecule has 0 unspecified atom stereocenters. The molecule has 0 saturated heterocycles. The standard InChI is InChI=1S/C21H19NO4/c1-25-19-10-8-18(9-11-19)22-20(23)14-26-21(24)13-15-6-7-16-4-2-3-5-17(16)12-15/h2-12H,13-14H2,1H3,(H,22,23). The van der Waals surface area contributed by atoms with Crippen LogP contribution in [0.1, 0.15) is 5.56 Å². The van der Waals surface area contributed by atoms with Gasteiger partial charge in [-0.1, -0.05) is 42.5 Å². The van der Waals surface area contributed by atoms with Crippen molar-refractivity contribution >= 4 is 28.3 Å². The van der Waals surface area contributed by atoms with Crippen molar-refractivity contribution in [3.8, 4) is 5.75 Å². The van der Waals surface area contributed by atoms with Crippen molar-refractivity contribution in [2.45, 2.75) is 6.42 Å². The van der Waals surface area contributed by atoms with Crippen LogP contribution >= 0.6 is 0 Å². The number of nitrogens with one attached hydrogen (secondary N) is 1. The highest BCUT2D eigenvalue weighted by molar-refractivity contribution is 5.93. The number of hydrogen-bond donors (Lipinski definition) is 1. The number of esters is 1. The monoisotopic (exact) mass is 349 g/mol. The Hall–Kier alpha value is -3.34. The van der Waals surface area contributed by atoms with E-state index in [4.69, 9.17) is 9.47 Å². The number of anilines is 1. The minimum absolute atomic E-state index is 0.126. The van der Waals surface area contributed by atoms with Gasteiger partial charge in [-0.2, -0.15) is 0 Å². The summed E-state index contributed by atoms with van der Waals surface area (Å²) in [6.45, 7) is -0.321. The lowest BCUT2D eigenvalue weighted by Gasteiger charge is -2.08. The van der Waals surface area contributed by atoms with Crippen molar-refractivity contribution in [3.63, 3.8) is 0 Å². The third-order valence-corrected chi connectivity index (χ3v) is 3.90. The number of carbonyl (C=O) groups is 2. The highest BCUT2D eigenvalue weighted by Crippen LogP contribution is 2.17. The highest BCUT2D eigenvalue weighted by Gasteiger charge is 2.09. The SMILES string of the molecule is COc1ccc(NC(=O)COC(=O)Cc2ccc3ccccc3c2)cc1. The van der Waals surface area contributed by atoms with E-state index < -0.39 is 5.97 Å². The van der Waals surface area contributed by atoms with Gasteiger partial charge < -0.3 is 14.8 Å². The van der Waals surface area contributed by atoms with E-state index in [0.29, 0.717) is 11.4 Å². The molecule has 132 valence electrons. The second-order valence-electron chi connectivity index (χ2n) is 5.80. The summed E-state index contributed by atoms with van der Waals surface area (Å²) in [5.41, 5.74) is 1.46. The Labute approximate surface area is 151 Å². The lowest BCUT2D eigenvalue weighted by atomic mass is 10.1. The largest absolute Gasteiger partial charge is 0.497 e. The number of carbonyl (C=O) groups excluding carboxylic acids is 2. The molecule has 5 heteroatoms. The van der Waals surface area contributed by atoms with E-state index >= 15 is 0 Å². The second kappa shape index (κ2) is 8.16. The van der Waals surface area contributed by atoms with E-state index in [0.717, 1.165) is 16.3 Å². The summed E-state index contributed by atoms with van der Waals surface area (Å²) >= 11 is 0. The minimum atomic E-state index is -0.440. The van der Waals surface area contributed by atoms with Gasteiger partial charge in [0, 0.05) is 5.69 Å². The zero-order valence-corrected chi connectivity index (χ0v) is 14.4. The van der Waals surface area contributed by atoms with Gasteiger partial charge in [0.2, 0.25) is 0 Å². The van der Waals surface area contributed by atoms with Crippen LogP contribution in [0.25, 0.3) is 10.8 Å². The van der Waals surface area contributed by atoms with Crippen LogP contribution in [0.5, 0.6) is 5.75 Å². The molecule has 3 rings (SSSR count). The molecule has 0 spiro atoms. The van der Waals surface area contributed by atoms with Crippen LogP contribution in [-0.4, -0.2) is 25.6 Å². The van der Waals surface area contributed by atoms with Crippen LogP contribution in [0, 0.1) is 0 Å². The molecule has 26 heavy (non-hydrogen) atoms. The zero-order chi connectivity index (χ0) is 18.4. The van der Waals surface area contributed by atoms with Gasteiger partial charge in [0.15, 0.2) is 6.61 Å². The Morgan fingerprint density at radius 2 is 1.65 bits per heavy atom. The van der Waals surface area contributed by atoms with E-state index in [2.05, 4.69) is 5.32 Å². The molecule has 0 heterocycles. The normalized spacial score (nSPS) is 10.3. The third-order valence-electron chi connectivity index (χ3n) is 3.90. The fourth-order valence-electron chi connectivity index (χ4n) is 2.58. The number of methoxy groups -OCH3 is 1. The van der Waals surface area contributed by atoms with Gasteiger partial charge in [-0.05, 0) is 40.6 Å². The summed E-state index contributed by atoms with van der Waals surface area (Å²) in [5, 5.41) is 4.84. The van der Waals surface area contributed by atoms with Gasteiger partial charge in [0.25, 0.3) is 5.91 Å². The summed E-state index contributed by atoms with van der Waals surface area (Å²) in [6.07, 6.45) is 0.126. The molecule has 0 aliphatic heterocycles. The maximum absolute atomic E-state index is 12.0. The van der Waals surface area contributed by atoms with Crippen LogP contribution in [0.15, 0.2) is 66.7 Å². The summed E-state index contributed by atoms with van der Waals surface area (Å²) < 4.78 is 10.1. The molecule has 0 atom stereocenters. The van der Waals surface area contributed by atoms with Crippen molar-refractivity contribution in [2.75, 3.05) is 19.0 Å². The highest BCUT2D eigenvalue weighted by atomic mass is 16.5. The predicted molar refractivity (Wildman–Crippen MR) is 100 cm³/mol. The number of amides is 1. The molecule has 0 aromatic heterocycles. The molecular formula is C21H19NO4. The summed E-state index contributed by atoms with van der Waals surface area (Å²) in [6, 6.07) is 20.6. The first-order valence-corrected chi connectivity index (χ1v) is 8.21. The average molecular weight is 349 g/mol. The second-order valence-corrected chi connectivity index (χ2v) is 5.80. The molecule has 1 N–H and O–H groups in total. The van der Waals surface area contributed by atoms with Crippen molar-refractivity contribution < 1.29 is 19.1 Å². The first-order chi connectivity index (χ1) is 12.6. The Kier molecular flexibility index (Phi) is 5.49. The van der Waals surface area contributed by atoms with Gasteiger partial charge in [-0.3, -0.25) is 9.59 Å². The molecule has 0 aliphatic rings. The van der Waals surface area contributed by atoms with Crippen molar-refractivity contribution in [1.29, 1.82) is 0 Å². The smallest absolute Gasteiger partial charge is 0.310 e. The third kappa shape index (κ3) is 4.60. The number of ether oxygens (including phenoxy) is 2. The van der Waals surface area contributed by atoms with E-state index in [1.165, 1.54) is 0 Å². The maximum Gasteiger partial charge on any atom is 0.310 e. The summed E-state index contributed by atoms with van der Waals surface area (Å²) in [7, 11) is 1.57. The van der Waals surface area contributed by atoms with Gasteiger partial charge in [-0.25, -0.2) is 0 Å². The zero-order valence-electron chi connectivity index (χ0n) is 14.4. The molecular weight excluding hydrogens is 330 g/mol. The number of hydrogen-bond acceptors (Lipinski definition) is 4. The lowest BCUT2D eigenvalue weighted by molar-refractivity contribution is -0.146. The van der Waals surface area contributed by atoms with Crippen LogP contribution in [0.3, 0.4) is 0 Å². The molecule has 3 aromatic rings. The molecule has 0 fully saturated rings. The van der Waals surface area contributed by atoms with Crippen LogP contribution in [0.2, 0.25) is 0 Å². The Balaban J connectivity index is 1.50. The average Bonchev–Trinajstić information content (AvgIpc) is 2.67. The van der Waals surface area contributed by atoms with E-state index in [9.17, 15) is 9.59 Å². The van der Waals surface area contributed by atoms with Crippen molar-refractivity contribution in [1.82, 2.24) is 0 Å². The Morgan fingerprint density at radius 3 is 2.38 bits per heavy atom. The van der Waals surface area contributed by atoms with Gasteiger partial charge in [0.05, 0.1) is 13.5 Å². The van der Waals surface area contributed by atoms with Gasteiger partial charge in [-0.15, -0.1) is 0 Å². The first-order valence-electron chi connectivity index (χ1n) is 8.21. The number of rotatable bonds is 6. The number of fused-ring (bicyclic) bond motifs is 1. The fourth-order valence-corrected chi connectivity index (χ4v) is 2.58. The molecule has 3 aromatic carbocycles. The summed E-state index contributed by atoms with van der Waals surface area (Å²) in [4.78, 5) is 23.8. The van der Waals surface area contributed by atoms with Gasteiger partial charge in [0.1, 0.15) is 5.75 Å². The molecule has 0 radical (unpaired) electrons. The fraction of sp³-hybridized carbons (Fsp3) is 0.143. The van der Waals surface area contributed by atoms with Crippen molar-refractivity contribution in [2.24, 2.45) is 0 Å². The predicted octanol–water partition coefficient (Wildman–Crippen LogP) is 3.57. The first kappa shape index (κ1) is 17.5. The Bertz CT molecular complexity index is 919. The van der Waals surface area contributed by atoms with E-state index in [-0.39, 0.29) is 18.9 Å². The van der Waals surface area contributed by atoms with Crippen molar-refractivity contribution in [3.05, 3.63) is 72.3 Å². The Morgan fingerprint density at radius 1 is 0.923 bits per heavy atom. The van der Waals surface area contributed by atoms with E-state index in [1.807, 2.05) is 42.5 Å². The lowest BCUT2D eigenvalue weighted by Crippen LogP contribution is -2.21. The summed E-state index contributed by atoms with van der Waals surface area (Å²) in [5.74, 6) is -0.128. The molecule has 1 amide bonds. The van der Waals surface area contributed by atoms with Crippen LogP contribution in [-0.2, 0) is 20.7 Å². The minimum Gasteiger partial charge on any atom is -0.497 e. The topological polar surface area (TPSA) is 64.6 Å². The molecule has 0 saturated carbocycles. The quantitative estimate of drug-likeness (QED) is 0.691. The van der Waals surface area contributed by atoms with E-state index in [1.54, 1.807) is 31.4 Å². The molecule has 5 nitrogen and oxygen atoms in total. The molecule has 0 aliphatic carbocycles. The molecule has 0 bridgehead atoms. The van der Waals surface area contributed by atoms with Crippen LogP contribution < -0.4 is 10.1 Å². The maximum atomic E-state index is 12.0. The van der Waals surface area contributed by atoms with Gasteiger partial charge >= 0.3 is 5.97 Å².